The first-order chi connectivity index (χ1) is 9.48. The van der Waals surface area contributed by atoms with Crippen LogP contribution in [0.2, 0.25) is 0 Å². The first-order valence-electron chi connectivity index (χ1n) is 6.25. The lowest BCUT2D eigenvalue weighted by Crippen LogP contribution is -2.27. The number of aryl methyl sites for hydroxylation is 2. The number of rotatable bonds is 6. The van der Waals surface area contributed by atoms with Crippen molar-refractivity contribution in [2.75, 3.05) is 11.5 Å². The van der Waals surface area contributed by atoms with Gasteiger partial charge in [0.15, 0.2) is 0 Å². The highest BCUT2D eigenvalue weighted by Gasteiger charge is 2.12. The fourth-order valence-electron chi connectivity index (χ4n) is 1.79. The fraction of sp³-hybridized carbons (Fsp3) is 0.308. The number of hydrogen-bond acceptors (Lipinski definition) is 4. The molecule has 0 unspecified atom stereocenters. The number of nitrogens with two attached hydrogens (primary N) is 1. The van der Waals surface area contributed by atoms with Gasteiger partial charge in [-0.2, -0.15) is 5.10 Å². The molecule has 0 aliphatic rings. The number of hydrogen-bond donors (Lipinski definition) is 2. The Kier molecular flexibility index (Phi) is 4.41. The third-order valence-corrected chi connectivity index (χ3v) is 4.37. The van der Waals surface area contributed by atoms with Crippen LogP contribution in [0.3, 0.4) is 0 Å². The third-order valence-electron chi connectivity index (χ3n) is 3.05. The van der Waals surface area contributed by atoms with Crippen molar-refractivity contribution >= 4 is 15.8 Å². The van der Waals surface area contributed by atoms with Crippen LogP contribution in [0.25, 0.3) is 0 Å². The zero-order chi connectivity index (χ0) is 14.6. The Balaban J connectivity index is 1.90. The Morgan fingerprint density at radius 2 is 2.00 bits per heavy atom. The summed E-state index contributed by atoms with van der Waals surface area (Å²) < 4.78 is 27.9. The van der Waals surface area contributed by atoms with Crippen LogP contribution < -0.4 is 10.5 Å². The summed E-state index contributed by atoms with van der Waals surface area (Å²) >= 11 is 0. The van der Waals surface area contributed by atoms with Crippen LogP contribution in [0.4, 0.5) is 5.82 Å². The lowest BCUT2D eigenvalue weighted by molar-refractivity contribution is 0.580. The molecule has 1 aromatic carbocycles. The lowest BCUT2D eigenvalue weighted by Gasteiger charge is -2.06. The second kappa shape index (κ2) is 6.06. The van der Waals surface area contributed by atoms with Gasteiger partial charge in [0.1, 0.15) is 5.82 Å². The molecular formula is C13H18N4O2S. The summed E-state index contributed by atoms with van der Waals surface area (Å²) in [6.45, 7) is 0.163. The first-order valence-corrected chi connectivity index (χ1v) is 7.91. The molecule has 0 atom stereocenters. The Morgan fingerprint density at radius 3 is 2.60 bits per heavy atom. The summed E-state index contributed by atoms with van der Waals surface area (Å²) in [4.78, 5) is 0. The van der Waals surface area contributed by atoms with Crippen LogP contribution in [0, 0.1) is 0 Å². The Morgan fingerprint density at radius 1 is 1.30 bits per heavy atom. The van der Waals surface area contributed by atoms with E-state index in [2.05, 4.69) is 9.82 Å². The molecule has 1 aromatic heterocycles. The molecule has 0 radical (unpaired) electrons. The predicted octanol–water partition coefficient (Wildman–Crippen LogP) is 0.664. The molecule has 108 valence electrons. The molecule has 0 bridgehead atoms. The summed E-state index contributed by atoms with van der Waals surface area (Å²) in [5, 5.41) is 3.97. The summed E-state index contributed by atoms with van der Waals surface area (Å²) in [5.41, 5.74) is 7.44. The Bertz CT molecular complexity index is 665. The average Bonchev–Trinajstić information content (AvgIpc) is 2.76. The molecule has 3 N–H and O–H groups in total. The lowest BCUT2D eigenvalue weighted by atomic mass is 10.2. The molecule has 7 heteroatoms. The van der Waals surface area contributed by atoms with Crippen LogP contribution in [-0.2, 0) is 30.0 Å². The van der Waals surface area contributed by atoms with E-state index >= 15 is 0 Å². The number of benzene rings is 1. The van der Waals surface area contributed by atoms with Crippen molar-refractivity contribution in [3.63, 3.8) is 0 Å². The van der Waals surface area contributed by atoms with Gasteiger partial charge in [-0.1, -0.05) is 30.3 Å². The second-order valence-corrected chi connectivity index (χ2v) is 6.48. The van der Waals surface area contributed by atoms with E-state index in [-0.39, 0.29) is 12.3 Å². The van der Waals surface area contributed by atoms with Gasteiger partial charge in [-0.05, 0) is 12.0 Å². The number of nitrogens with zero attached hydrogens (tertiary/aromatic N) is 2. The standard InChI is InChI=1S/C13H18N4O2S/c1-17-13(14)12(9-15-17)10-16-20(18,19)8-7-11-5-3-2-4-6-11/h2-6,9,16H,7-8,10,14H2,1H3. The molecule has 20 heavy (non-hydrogen) atoms. The van der Waals surface area contributed by atoms with E-state index in [0.717, 1.165) is 5.56 Å². The van der Waals surface area contributed by atoms with Crippen molar-refractivity contribution in [1.82, 2.24) is 14.5 Å². The normalized spacial score (nSPS) is 11.7. The second-order valence-electron chi connectivity index (χ2n) is 4.55. The van der Waals surface area contributed by atoms with Crippen LogP contribution >= 0.6 is 0 Å². The molecule has 6 nitrogen and oxygen atoms in total. The van der Waals surface area contributed by atoms with Crippen molar-refractivity contribution in [3.8, 4) is 0 Å². The van der Waals surface area contributed by atoms with Gasteiger partial charge in [0, 0.05) is 19.2 Å². The monoisotopic (exact) mass is 294 g/mol. The van der Waals surface area contributed by atoms with Gasteiger partial charge in [0.25, 0.3) is 0 Å². The van der Waals surface area contributed by atoms with Gasteiger partial charge in [0.2, 0.25) is 10.0 Å². The van der Waals surface area contributed by atoms with E-state index in [1.807, 2.05) is 30.3 Å². The van der Waals surface area contributed by atoms with E-state index < -0.39 is 10.0 Å². The average molecular weight is 294 g/mol. The number of nitrogens with one attached hydrogen (secondary N) is 1. The maximum absolute atomic E-state index is 11.9. The van der Waals surface area contributed by atoms with Crippen LogP contribution in [0.15, 0.2) is 36.5 Å². The molecule has 2 aromatic rings. The number of aromatic nitrogens is 2. The molecule has 0 saturated heterocycles. The number of anilines is 1. The maximum Gasteiger partial charge on any atom is 0.212 e. The smallest absolute Gasteiger partial charge is 0.212 e. The third kappa shape index (κ3) is 3.82. The zero-order valence-electron chi connectivity index (χ0n) is 11.3. The summed E-state index contributed by atoms with van der Waals surface area (Å²) in [7, 11) is -1.62. The van der Waals surface area contributed by atoms with Crippen molar-refractivity contribution in [2.45, 2.75) is 13.0 Å². The molecule has 0 amide bonds. The minimum atomic E-state index is -3.33. The highest BCUT2D eigenvalue weighted by molar-refractivity contribution is 7.89. The topological polar surface area (TPSA) is 90.0 Å². The van der Waals surface area contributed by atoms with Gasteiger partial charge in [-0.15, -0.1) is 0 Å². The quantitative estimate of drug-likeness (QED) is 0.819. The first kappa shape index (κ1) is 14.5. The Labute approximate surface area is 118 Å². The van der Waals surface area contributed by atoms with Gasteiger partial charge < -0.3 is 5.73 Å². The maximum atomic E-state index is 11.9. The molecule has 0 saturated carbocycles. The van der Waals surface area contributed by atoms with E-state index in [9.17, 15) is 8.42 Å². The molecular weight excluding hydrogens is 276 g/mol. The van der Waals surface area contributed by atoms with Crippen molar-refractivity contribution < 1.29 is 8.42 Å². The van der Waals surface area contributed by atoms with E-state index in [0.29, 0.717) is 17.8 Å². The summed E-state index contributed by atoms with van der Waals surface area (Å²) in [5.74, 6) is 0.521. The number of nitrogen functional groups attached to an aromatic ring is 1. The highest BCUT2D eigenvalue weighted by Crippen LogP contribution is 2.09. The fourth-order valence-corrected chi connectivity index (χ4v) is 2.81. The van der Waals surface area contributed by atoms with Gasteiger partial charge >= 0.3 is 0 Å². The zero-order valence-corrected chi connectivity index (χ0v) is 12.1. The molecule has 1 heterocycles. The SMILES string of the molecule is Cn1ncc(CNS(=O)(=O)CCc2ccccc2)c1N. The minimum absolute atomic E-state index is 0.0528. The van der Waals surface area contributed by atoms with Crippen LogP contribution in [0.5, 0.6) is 0 Å². The van der Waals surface area contributed by atoms with Crippen molar-refractivity contribution in [1.29, 1.82) is 0 Å². The largest absolute Gasteiger partial charge is 0.384 e. The van der Waals surface area contributed by atoms with Crippen LogP contribution in [0.1, 0.15) is 11.1 Å². The number of sulfonamides is 1. The van der Waals surface area contributed by atoms with Crippen molar-refractivity contribution in [3.05, 3.63) is 47.7 Å². The van der Waals surface area contributed by atoms with E-state index in [1.165, 1.54) is 4.68 Å². The van der Waals surface area contributed by atoms with Gasteiger partial charge in [-0.3, -0.25) is 4.68 Å². The minimum Gasteiger partial charge on any atom is -0.384 e. The van der Waals surface area contributed by atoms with Gasteiger partial charge in [0.05, 0.1) is 11.9 Å². The van der Waals surface area contributed by atoms with E-state index in [1.54, 1.807) is 13.2 Å². The molecule has 0 aliphatic carbocycles. The summed E-state index contributed by atoms with van der Waals surface area (Å²) in [6.07, 6.45) is 2.05. The highest BCUT2D eigenvalue weighted by atomic mass is 32.2. The Hall–Kier alpha value is -1.86. The predicted molar refractivity (Wildman–Crippen MR) is 78.4 cm³/mol. The molecule has 0 spiro atoms. The van der Waals surface area contributed by atoms with Crippen LogP contribution in [-0.4, -0.2) is 24.0 Å². The molecule has 0 fully saturated rings. The molecule has 2 rings (SSSR count). The van der Waals surface area contributed by atoms with E-state index in [4.69, 9.17) is 5.73 Å². The molecule has 0 aliphatic heterocycles. The van der Waals surface area contributed by atoms with Gasteiger partial charge in [-0.25, -0.2) is 13.1 Å². The van der Waals surface area contributed by atoms with Crippen molar-refractivity contribution in [2.24, 2.45) is 7.05 Å². The summed E-state index contributed by atoms with van der Waals surface area (Å²) in [6, 6.07) is 9.52.